The van der Waals surface area contributed by atoms with Crippen LogP contribution in [0.3, 0.4) is 0 Å². The van der Waals surface area contributed by atoms with Gasteiger partial charge in [-0.2, -0.15) is 21.6 Å². The van der Waals surface area contributed by atoms with Crippen LogP contribution >= 0.6 is 0 Å². The molecule has 0 aliphatic carbocycles. The number of rotatable bonds is 11. The minimum absolute atomic E-state index is 0.0641. The van der Waals surface area contributed by atoms with Crippen LogP contribution in [-0.2, 0) is 27.8 Å². The lowest BCUT2D eigenvalue weighted by Gasteiger charge is -2.37. The fourth-order valence-corrected chi connectivity index (χ4v) is 6.32. The lowest BCUT2D eigenvalue weighted by Crippen LogP contribution is -2.47. The highest BCUT2D eigenvalue weighted by Gasteiger charge is 2.49. The number of alkyl halides is 3. The fraction of sp³-hybridized carbons (Fsp3) is 0.576. The number of nitrogens with zero attached hydrogens (tertiary/aromatic N) is 2. The van der Waals surface area contributed by atoms with E-state index in [2.05, 4.69) is 34.8 Å². The van der Waals surface area contributed by atoms with Gasteiger partial charge in [-0.1, -0.05) is 26.0 Å². The van der Waals surface area contributed by atoms with Crippen molar-refractivity contribution >= 4 is 16.1 Å². The van der Waals surface area contributed by atoms with Gasteiger partial charge in [0, 0.05) is 35.7 Å². The molecule has 0 unspecified atom stereocenters. The van der Waals surface area contributed by atoms with Crippen LogP contribution in [0.4, 0.5) is 13.2 Å². The third-order valence-electron chi connectivity index (χ3n) is 7.93. The van der Waals surface area contributed by atoms with Gasteiger partial charge in [-0.05, 0) is 84.3 Å². The van der Waals surface area contributed by atoms with Crippen LogP contribution in [0.2, 0.25) is 0 Å². The minimum atomic E-state index is -5.72. The van der Waals surface area contributed by atoms with Gasteiger partial charge in [-0.15, -0.1) is 0 Å². The Morgan fingerprint density at radius 2 is 1.48 bits per heavy atom. The third kappa shape index (κ3) is 8.76. The molecule has 13 heteroatoms. The van der Waals surface area contributed by atoms with Crippen LogP contribution in [0.25, 0.3) is 0 Å². The predicted octanol–water partition coefficient (Wildman–Crippen LogP) is 6.17. The topological polar surface area (TPSA) is 94.6 Å². The smallest absolute Gasteiger partial charge is 0.496 e. The number of ether oxygens (including phenoxy) is 3. The first-order valence-electron chi connectivity index (χ1n) is 15.5. The maximum Gasteiger partial charge on any atom is 0.534 e. The zero-order valence-corrected chi connectivity index (χ0v) is 28.3. The zero-order valence-electron chi connectivity index (χ0n) is 27.5. The van der Waals surface area contributed by atoms with E-state index >= 15 is 0 Å². The van der Waals surface area contributed by atoms with E-state index in [0.29, 0.717) is 48.3 Å². The molecule has 2 heterocycles. The van der Waals surface area contributed by atoms with E-state index in [0.717, 1.165) is 37.2 Å². The van der Waals surface area contributed by atoms with Gasteiger partial charge in [0.2, 0.25) is 5.76 Å². The Morgan fingerprint density at radius 1 is 0.913 bits per heavy atom. The molecular formula is C33H45F3N2O7S. The molecule has 4 rings (SSSR count). The van der Waals surface area contributed by atoms with Crippen molar-refractivity contribution in [1.82, 2.24) is 9.80 Å². The van der Waals surface area contributed by atoms with E-state index in [9.17, 15) is 26.4 Å². The van der Waals surface area contributed by atoms with Crippen LogP contribution in [0.15, 0.2) is 42.2 Å². The van der Waals surface area contributed by atoms with Crippen molar-refractivity contribution in [3.63, 3.8) is 0 Å². The second-order valence-electron chi connectivity index (χ2n) is 11.8. The summed E-state index contributed by atoms with van der Waals surface area (Å²) in [6, 6.07) is 10.3. The summed E-state index contributed by atoms with van der Waals surface area (Å²) in [6.07, 6.45) is 3.01. The van der Waals surface area contributed by atoms with Crippen molar-refractivity contribution < 1.29 is 44.8 Å². The van der Waals surface area contributed by atoms with E-state index in [1.165, 1.54) is 12.1 Å². The summed E-state index contributed by atoms with van der Waals surface area (Å²) in [5, 5.41) is 0. The molecule has 0 aromatic heterocycles. The molecular weight excluding hydrogens is 625 g/mol. The molecule has 0 saturated heterocycles. The highest BCUT2D eigenvalue weighted by Crippen LogP contribution is 2.38. The SMILES string of the molecule is CCCN(C(C)C)[C@@H]1Cc2c(OC)cccc2OC1=C=O.CCCN(C(C)C)[C@H]1COc2cccc(OS(=O)(=O)C(F)(F)F)c2C1. The molecule has 2 aliphatic rings. The molecule has 0 spiro atoms. The Kier molecular flexibility index (Phi) is 13.0. The highest BCUT2D eigenvalue weighted by atomic mass is 32.2. The molecule has 2 aromatic rings. The van der Waals surface area contributed by atoms with E-state index in [4.69, 9.17) is 14.2 Å². The monoisotopic (exact) mass is 670 g/mol. The van der Waals surface area contributed by atoms with Gasteiger partial charge in [0.25, 0.3) is 0 Å². The molecule has 0 radical (unpaired) electrons. The van der Waals surface area contributed by atoms with E-state index < -0.39 is 15.6 Å². The van der Waals surface area contributed by atoms with Crippen LogP contribution in [0.5, 0.6) is 23.0 Å². The number of methoxy groups -OCH3 is 1. The standard InChI is InChI=1S/C17H23NO3.C16H22F3NO4S/c1-5-9-18(12(2)3)14-10-13-15(20-4)7-6-8-16(13)21-17(14)11-19;1-4-8-20(11(2)3)12-9-13-14(23-10-12)6-5-7-15(13)24-25(21,22)16(17,18)19/h6-8,12,14H,5,9-10H2,1-4H3;5-7,11-12H,4,8-10H2,1-3H3/t14-;12-/m11/s1. The molecule has 256 valence electrons. The molecule has 9 nitrogen and oxygen atoms in total. The van der Waals surface area contributed by atoms with Gasteiger partial charge in [-0.3, -0.25) is 9.80 Å². The van der Waals surface area contributed by atoms with Gasteiger partial charge in [0.15, 0.2) is 5.94 Å². The fourth-order valence-electron chi connectivity index (χ4n) is 5.83. The molecule has 0 bridgehead atoms. The molecule has 0 N–H and O–H groups in total. The van der Waals surface area contributed by atoms with E-state index in [1.54, 1.807) is 13.2 Å². The Labute approximate surface area is 270 Å². The van der Waals surface area contributed by atoms with Crippen molar-refractivity contribution in [3.8, 4) is 23.0 Å². The summed E-state index contributed by atoms with van der Waals surface area (Å²) < 4.78 is 81.7. The van der Waals surface area contributed by atoms with E-state index in [-0.39, 0.29) is 23.9 Å². The summed E-state index contributed by atoms with van der Waals surface area (Å²) in [5.74, 6) is 3.89. The number of fused-ring (bicyclic) bond motifs is 2. The second kappa shape index (κ2) is 16.0. The van der Waals surface area contributed by atoms with Crippen LogP contribution < -0.4 is 18.4 Å². The van der Waals surface area contributed by atoms with Crippen molar-refractivity contribution in [1.29, 1.82) is 0 Å². The average molecular weight is 671 g/mol. The van der Waals surface area contributed by atoms with Crippen LogP contribution in [0, 0.1) is 0 Å². The summed E-state index contributed by atoms with van der Waals surface area (Å²) >= 11 is 0. The van der Waals surface area contributed by atoms with Gasteiger partial charge >= 0.3 is 15.6 Å². The predicted molar refractivity (Wildman–Crippen MR) is 170 cm³/mol. The number of halogens is 3. The van der Waals surface area contributed by atoms with Gasteiger partial charge in [0.1, 0.15) is 29.6 Å². The Bertz CT molecular complexity index is 1470. The first kappa shape index (κ1) is 37.2. The quantitative estimate of drug-likeness (QED) is 0.158. The second-order valence-corrected chi connectivity index (χ2v) is 13.3. The molecule has 0 amide bonds. The first-order valence-corrected chi connectivity index (χ1v) is 16.9. The summed E-state index contributed by atoms with van der Waals surface area (Å²) in [6.45, 7) is 14.6. The largest absolute Gasteiger partial charge is 0.534 e. The highest BCUT2D eigenvalue weighted by molar-refractivity contribution is 7.88. The zero-order chi connectivity index (χ0) is 34.2. The summed E-state index contributed by atoms with van der Waals surface area (Å²) in [5.41, 5.74) is -4.12. The Hall–Kier alpha value is -3.25. The molecule has 0 saturated carbocycles. The Balaban J connectivity index is 0.000000254. The Morgan fingerprint density at radius 3 is 2.02 bits per heavy atom. The maximum atomic E-state index is 12.6. The van der Waals surface area contributed by atoms with Crippen molar-refractivity contribution in [2.45, 2.75) is 96.9 Å². The first-order chi connectivity index (χ1) is 21.7. The van der Waals surface area contributed by atoms with Crippen molar-refractivity contribution in [2.24, 2.45) is 0 Å². The van der Waals surface area contributed by atoms with Crippen molar-refractivity contribution in [3.05, 3.63) is 53.3 Å². The molecule has 46 heavy (non-hydrogen) atoms. The van der Waals surface area contributed by atoms with Gasteiger partial charge in [-0.25, -0.2) is 4.79 Å². The normalized spacial score (nSPS) is 17.8. The van der Waals surface area contributed by atoms with Crippen LogP contribution in [0.1, 0.15) is 65.5 Å². The lowest BCUT2D eigenvalue weighted by molar-refractivity contribution is -0.0500. The van der Waals surface area contributed by atoms with E-state index in [1.807, 2.05) is 44.9 Å². The molecule has 2 aliphatic heterocycles. The average Bonchev–Trinajstić information content (AvgIpc) is 3.00. The number of carbonyl (C=O) groups excluding carboxylic acids is 1. The molecule has 2 aromatic carbocycles. The van der Waals surface area contributed by atoms with Gasteiger partial charge in [0.05, 0.1) is 13.2 Å². The van der Waals surface area contributed by atoms with Crippen molar-refractivity contribution in [2.75, 3.05) is 26.8 Å². The summed E-state index contributed by atoms with van der Waals surface area (Å²) in [7, 11) is -4.06. The lowest BCUT2D eigenvalue weighted by atomic mass is 9.97. The van der Waals surface area contributed by atoms with Crippen LogP contribution in [-0.4, -0.2) is 80.6 Å². The number of hydrogen-bond acceptors (Lipinski definition) is 9. The van der Waals surface area contributed by atoms with Gasteiger partial charge < -0.3 is 18.4 Å². The number of hydrogen-bond donors (Lipinski definition) is 0. The maximum absolute atomic E-state index is 12.6. The third-order valence-corrected chi connectivity index (χ3v) is 8.90. The summed E-state index contributed by atoms with van der Waals surface area (Å²) in [4.78, 5) is 15.8. The minimum Gasteiger partial charge on any atom is -0.496 e. The molecule has 0 fully saturated rings. The number of benzene rings is 2. The molecule has 2 atom stereocenters.